The average Bonchev–Trinajstić information content (AvgIpc) is 3.46. The molecule has 1 N–H and O–H groups in total. The molecule has 0 aliphatic heterocycles. The molecule has 164 valence electrons. The number of nitro groups is 1. The van der Waals surface area contributed by atoms with Crippen LogP contribution in [0.3, 0.4) is 0 Å². The number of carbonyl (C=O) groups is 1. The summed E-state index contributed by atoms with van der Waals surface area (Å²) in [5.41, 5.74) is 3.25. The highest BCUT2D eigenvalue weighted by atomic mass is 35.5. The average molecular weight is 456 g/mol. The van der Waals surface area contributed by atoms with E-state index in [1.54, 1.807) is 23.0 Å². The first-order valence-corrected chi connectivity index (χ1v) is 9.85. The Labute approximate surface area is 186 Å². The second kappa shape index (κ2) is 8.59. The summed E-state index contributed by atoms with van der Waals surface area (Å²) in [6.07, 6.45) is 2.80. The Morgan fingerprint density at radius 1 is 1.19 bits per heavy atom. The lowest BCUT2D eigenvalue weighted by molar-refractivity contribution is -0.394. The van der Waals surface area contributed by atoms with Gasteiger partial charge in [-0.05, 0) is 42.5 Å². The van der Waals surface area contributed by atoms with Gasteiger partial charge in [0, 0.05) is 16.3 Å². The summed E-state index contributed by atoms with van der Waals surface area (Å²) in [7, 11) is 0. The molecule has 3 heterocycles. The molecule has 4 aromatic rings. The van der Waals surface area contributed by atoms with E-state index in [0.29, 0.717) is 22.9 Å². The van der Waals surface area contributed by atoms with E-state index in [4.69, 9.17) is 11.6 Å². The summed E-state index contributed by atoms with van der Waals surface area (Å²) in [5.74, 6) is -0.905. The smallest absolute Gasteiger partial charge is 0.390 e. The minimum absolute atomic E-state index is 0.0732. The summed E-state index contributed by atoms with van der Waals surface area (Å²) in [6, 6.07) is 9.05. The Morgan fingerprint density at radius 3 is 2.72 bits per heavy atom. The molecule has 12 nitrogen and oxygen atoms in total. The second-order valence-electron chi connectivity index (χ2n) is 7.01. The van der Waals surface area contributed by atoms with Gasteiger partial charge < -0.3 is 15.4 Å². The summed E-state index contributed by atoms with van der Waals surface area (Å²) in [6.45, 7) is 4.27. The van der Waals surface area contributed by atoms with E-state index in [9.17, 15) is 14.9 Å². The van der Waals surface area contributed by atoms with E-state index in [2.05, 4.69) is 25.6 Å². The molecule has 0 saturated heterocycles. The van der Waals surface area contributed by atoms with Gasteiger partial charge in [-0.1, -0.05) is 28.7 Å². The van der Waals surface area contributed by atoms with Gasteiger partial charge in [0.2, 0.25) is 6.33 Å². The highest BCUT2D eigenvalue weighted by Gasteiger charge is 2.18. The van der Waals surface area contributed by atoms with Crippen LogP contribution in [0.2, 0.25) is 5.02 Å². The lowest BCUT2D eigenvalue weighted by Gasteiger charge is -2.07. The first-order chi connectivity index (χ1) is 15.3. The van der Waals surface area contributed by atoms with Crippen molar-refractivity contribution in [1.82, 2.24) is 34.3 Å². The van der Waals surface area contributed by atoms with Gasteiger partial charge in [-0.2, -0.15) is 14.9 Å². The maximum absolute atomic E-state index is 12.7. The van der Waals surface area contributed by atoms with Crippen LogP contribution in [0.1, 0.15) is 27.4 Å². The van der Waals surface area contributed by atoms with E-state index < -0.39 is 16.8 Å². The molecule has 0 aliphatic rings. The molecular weight excluding hydrogens is 438 g/mol. The Hall–Kier alpha value is -4.06. The first kappa shape index (κ1) is 21.2. The van der Waals surface area contributed by atoms with Crippen LogP contribution < -0.4 is 5.32 Å². The molecule has 1 aromatic carbocycles. The molecule has 3 aromatic heterocycles. The van der Waals surface area contributed by atoms with Gasteiger partial charge >= 0.3 is 5.95 Å². The van der Waals surface area contributed by atoms with Crippen molar-refractivity contribution in [3.05, 3.63) is 80.6 Å². The van der Waals surface area contributed by atoms with E-state index in [1.807, 2.05) is 32.0 Å². The number of benzene rings is 1. The van der Waals surface area contributed by atoms with Crippen molar-refractivity contribution in [3.63, 3.8) is 0 Å². The van der Waals surface area contributed by atoms with Crippen LogP contribution >= 0.6 is 11.6 Å². The minimum atomic E-state index is -0.685. The van der Waals surface area contributed by atoms with Crippen LogP contribution in [0.5, 0.6) is 0 Å². The number of hydrogen-bond acceptors (Lipinski definition) is 7. The molecule has 4 rings (SSSR count). The van der Waals surface area contributed by atoms with E-state index >= 15 is 0 Å². The highest BCUT2D eigenvalue weighted by molar-refractivity contribution is 6.30. The molecule has 13 heteroatoms. The zero-order valence-corrected chi connectivity index (χ0v) is 17.9. The van der Waals surface area contributed by atoms with Crippen LogP contribution in [-0.4, -0.2) is 45.2 Å². The molecule has 32 heavy (non-hydrogen) atoms. The summed E-state index contributed by atoms with van der Waals surface area (Å²) in [5, 5.41) is 26.6. The van der Waals surface area contributed by atoms with Gasteiger partial charge in [-0.3, -0.25) is 9.48 Å². The number of aromatic nitrogens is 7. The first-order valence-electron chi connectivity index (χ1n) is 9.47. The number of halogens is 1. The fourth-order valence-corrected chi connectivity index (χ4v) is 3.38. The van der Waals surface area contributed by atoms with Crippen molar-refractivity contribution in [2.75, 3.05) is 5.32 Å². The number of carbonyl (C=O) groups excluding carboxylic acids is 1. The van der Waals surface area contributed by atoms with Gasteiger partial charge in [-0.15, -0.1) is 0 Å². The van der Waals surface area contributed by atoms with Gasteiger partial charge in [0.15, 0.2) is 12.4 Å². The highest BCUT2D eigenvalue weighted by Crippen LogP contribution is 2.22. The number of aryl methyl sites for hydroxylation is 1. The standard InChI is InChI=1S/C19H18ClN9O3/c1-12-17(13(2)28(23-12)9-14-4-3-5-15(20)8-14)22-18(30)16-6-7-26(24-16)11-27-10-21-19(25-27)29(31)32/h3-8,10H,9,11H2,1-2H3,(H,22,30). The number of nitrogens with zero attached hydrogens (tertiary/aromatic N) is 8. The van der Waals surface area contributed by atoms with Crippen LogP contribution in [0.4, 0.5) is 11.6 Å². The Morgan fingerprint density at radius 2 is 2.00 bits per heavy atom. The molecule has 0 spiro atoms. The van der Waals surface area contributed by atoms with Crippen molar-refractivity contribution in [3.8, 4) is 0 Å². The van der Waals surface area contributed by atoms with Crippen LogP contribution in [0.25, 0.3) is 0 Å². The zero-order valence-electron chi connectivity index (χ0n) is 17.1. The summed E-state index contributed by atoms with van der Waals surface area (Å²) in [4.78, 5) is 26.3. The van der Waals surface area contributed by atoms with Crippen molar-refractivity contribution in [2.24, 2.45) is 0 Å². The molecule has 0 atom stereocenters. The summed E-state index contributed by atoms with van der Waals surface area (Å²) < 4.78 is 4.48. The third-order valence-corrected chi connectivity index (χ3v) is 4.93. The SMILES string of the molecule is Cc1nn(Cc2cccc(Cl)c2)c(C)c1NC(=O)c1ccn(Cn2cnc([N+](=O)[O-])n2)n1. The molecule has 0 bridgehead atoms. The fraction of sp³-hybridized carbons (Fsp3) is 0.211. The van der Waals surface area contributed by atoms with Gasteiger partial charge in [0.05, 0.1) is 23.6 Å². The molecule has 0 unspecified atom stereocenters. The van der Waals surface area contributed by atoms with Crippen molar-refractivity contribution < 1.29 is 9.72 Å². The van der Waals surface area contributed by atoms with E-state index in [1.165, 1.54) is 15.7 Å². The van der Waals surface area contributed by atoms with Gasteiger partial charge in [0.1, 0.15) is 0 Å². The maximum Gasteiger partial charge on any atom is 0.491 e. The quantitative estimate of drug-likeness (QED) is 0.334. The van der Waals surface area contributed by atoms with Gasteiger partial charge in [-0.25, -0.2) is 4.68 Å². The molecule has 0 fully saturated rings. The lowest BCUT2D eigenvalue weighted by Crippen LogP contribution is -2.16. The number of hydrogen-bond donors (Lipinski definition) is 1. The number of anilines is 1. The molecular formula is C19H18ClN9O3. The molecule has 1 amide bonds. The van der Waals surface area contributed by atoms with Crippen molar-refractivity contribution in [1.29, 1.82) is 0 Å². The van der Waals surface area contributed by atoms with E-state index in [0.717, 1.165) is 11.3 Å². The van der Waals surface area contributed by atoms with Crippen molar-refractivity contribution >= 4 is 29.1 Å². The molecule has 0 radical (unpaired) electrons. The topological polar surface area (TPSA) is 139 Å². The monoisotopic (exact) mass is 455 g/mol. The predicted molar refractivity (Wildman–Crippen MR) is 115 cm³/mol. The van der Waals surface area contributed by atoms with Crippen molar-refractivity contribution in [2.45, 2.75) is 27.1 Å². The minimum Gasteiger partial charge on any atom is -0.390 e. The third kappa shape index (κ3) is 4.49. The molecule has 0 saturated carbocycles. The lowest BCUT2D eigenvalue weighted by atomic mass is 10.2. The normalized spacial score (nSPS) is 11.0. The van der Waals surface area contributed by atoms with Crippen LogP contribution in [0.15, 0.2) is 42.9 Å². The third-order valence-electron chi connectivity index (χ3n) is 4.69. The second-order valence-corrected chi connectivity index (χ2v) is 7.45. The zero-order chi connectivity index (χ0) is 22.8. The Bertz CT molecular complexity index is 1310. The maximum atomic E-state index is 12.7. The Balaban J connectivity index is 1.46. The predicted octanol–water partition coefficient (Wildman–Crippen LogP) is 2.66. The Kier molecular flexibility index (Phi) is 5.69. The largest absolute Gasteiger partial charge is 0.491 e. The van der Waals surface area contributed by atoms with E-state index in [-0.39, 0.29) is 12.4 Å². The number of amides is 1. The van der Waals surface area contributed by atoms with Crippen LogP contribution in [0, 0.1) is 24.0 Å². The molecule has 0 aliphatic carbocycles. The number of rotatable bonds is 7. The number of nitrogens with one attached hydrogen (secondary N) is 1. The van der Waals surface area contributed by atoms with Gasteiger partial charge in [0.25, 0.3) is 5.91 Å². The fourth-order valence-electron chi connectivity index (χ4n) is 3.16. The van der Waals surface area contributed by atoms with Crippen LogP contribution in [-0.2, 0) is 13.2 Å². The summed E-state index contributed by atoms with van der Waals surface area (Å²) >= 11 is 6.06.